The first kappa shape index (κ1) is 18.6. The predicted molar refractivity (Wildman–Crippen MR) is 118 cm³/mol. The Balaban J connectivity index is 0.00000218. The van der Waals surface area contributed by atoms with Crippen LogP contribution in [0.25, 0.3) is 6.08 Å². The molecule has 0 radical (unpaired) electrons. The van der Waals surface area contributed by atoms with E-state index in [1.807, 2.05) is 12.4 Å². The molecule has 3 aliphatic rings. The molecule has 0 bridgehead atoms. The minimum Gasteiger partial charge on any atom is -0.378 e. The Morgan fingerprint density at radius 3 is 2.66 bits per heavy atom. The molecule has 6 heteroatoms. The van der Waals surface area contributed by atoms with Crippen molar-refractivity contribution in [3.05, 3.63) is 41.4 Å². The number of hydrogen-bond donors (Lipinski definition) is 1. The Bertz CT molecular complexity index is 889. The third-order valence-electron chi connectivity index (χ3n) is 6.48. The Morgan fingerprint density at radius 2 is 1.90 bits per heavy atom. The van der Waals surface area contributed by atoms with Crippen LogP contribution in [0, 0.1) is 5.92 Å². The molecule has 3 heterocycles. The van der Waals surface area contributed by atoms with Crippen molar-refractivity contribution in [1.29, 1.82) is 0 Å². The van der Waals surface area contributed by atoms with Gasteiger partial charge in [-0.1, -0.05) is 30.9 Å². The van der Waals surface area contributed by atoms with Gasteiger partial charge in [0, 0.05) is 32.2 Å². The first-order valence-electron chi connectivity index (χ1n) is 10.9. The standard InChI is InChI=1S/C23H29N5O.H2/c1-16-13-18-14-25-23(27-22(18)21(16)17-5-3-2-4-6-17)26-19-7-8-20(24-15-19)28-9-11-29-12-10-28;/h7-8,13-15,17,21H,2-6,9-12H2,1H3,(H,25,26,27);1H. The molecule has 1 N–H and O–H groups in total. The summed E-state index contributed by atoms with van der Waals surface area (Å²) in [5.41, 5.74) is 4.74. The molecule has 154 valence electrons. The van der Waals surface area contributed by atoms with E-state index in [2.05, 4.69) is 45.3 Å². The summed E-state index contributed by atoms with van der Waals surface area (Å²) in [4.78, 5) is 16.4. The minimum atomic E-state index is 0. The van der Waals surface area contributed by atoms with Crippen LogP contribution in [0.15, 0.2) is 30.1 Å². The SMILES string of the molecule is CC1=Cc2cnc(Nc3ccc(N4CCOCC4)nc3)nc2C1C1CCCCC1.[HH]. The van der Waals surface area contributed by atoms with Crippen LogP contribution < -0.4 is 10.2 Å². The molecule has 1 saturated carbocycles. The van der Waals surface area contributed by atoms with Crippen molar-refractivity contribution in [2.45, 2.75) is 44.9 Å². The van der Waals surface area contributed by atoms with Crippen LogP contribution in [0.1, 0.15) is 57.6 Å². The van der Waals surface area contributed by atoms with Crippen LogP contribution in [0.2, 0.25) is 0 Å². The highest BCUT2D eigenvalue weighted by atomic mass is 16.5. The van der Waals surface area contributed by atoms with Gasteiger partial charge in [-0.15, -0.1) is 0 Å². The topological polar surface area (TPSA) is 63.2 Å². The van der Waals surface area contributed by atoms with E-state index in [9.17, 15) is 0 Å². The zero-order valence-corrected chi connectivity index (χ0v) is 17.1. The fourth-order valence-corrected chi connectivity index (χ4v) is 5.01. The summed E-state index contributed by atoms with van der Waals surface area (Å²) in [5, 5.41) is 3.35. The Kier molecular flexibility index (Phi) is 5.19. The lowest BCUT2D eigenvalue weighted by atomic mass is 9.77. The number of pyridine rings is 1. The zero-order valence-electron chi connectivity index (χ0n) is 17.1. The third kappa shape index (κ3) is 3.86. The van der Waals surface area contributed by atoms with Gasteiger partial charge < -0.3 is 15.0 Å². The highest BCUT2D eigenvalue weighted by molar-refractivity contribution is 5.65. The van der Waals surface area contributed by atoms with Crippen molar-refractivity contribution in [3.8, 4) is 0 Å². The van der Waals surface area contributed by atoms with E-state index in [-0.39, 0.29) is 1.43 Å². The van der Waals surface area contributed by atoms with E-state index in [0.717, 1.165) is 43.7 Å². The maximum Gasteiger partial charge on any atom is 0.227 e. The monoisotopic (exact) mass is 393 g/mol. The van der Waals surface area contributed by atoms with Crippen molar-refractivity contribution in [2.75, 3.05) is 36.5 Å². The lowest BCUT2D eigenvalue weighted by Gasteiger charge is -2.29. The summed E-state index contributed by atoms with van der Waals surface area (Å²) < 4.78 is 5.42. The van der Waals surface area contributed by atoms with E-state index in [4.69, 9.17) is 9.72 Å². The average molecular weight is 394 g/mol. The van der Waals surface area contributed by atoms with Crippen molar-refractivity contribution >= 4 is 23.5 Å². The first-order valence-corrected chi connectivity index (χ1v) is 10.9. The maximum absolute atomic E-state index is 5.42. The molecule has 2 aromatic heterocycles. The Labute approximate surface area is 173 Å². The molecule has 29 heavy (non-hydrogen) atoms. The molecule has 5 rings (SSSR count). The number of fused-ring (bicyclic) bond motifs is 1. The number of anilines is 3. The molecule has 6 nitrogen and oxygen atoms in total. The maximum atomic E-state index is 5.42. The lowest BCUT2D eigenvalue weighted by molar-refractivity contribution is 0.122. The van der Waals surface area contributed by atoms with Gasteiger partial charge in [0.1, 0.15) is 5.82 Å². The molecule has 0 aromatic carbocycles. The van der Waals surface area contributed by atoms with E-state index < -0.39 is 0 Å². The van der Waals surface area contributed by atoms with E-state index in [0.29, 0.717) is 11.9 Å². The van der Waals surface area contributed by atoms with Crippen LogP contribution in [-0.2, 0) is 4.74 Å². The van der Waals surface area contributed by atoms with Gasteiger partial charge in [-0.05, 0) is 37.8 Å². The molecule has 2 aliphatic carbocycles. The normalized spacial score (nSPS) is 22.3. The van der Waals surface area contributed by atoms with Crippen molar-refractivity contribution < 1.29 is 6.16 Å². The number of hydrogen-bond acceptors (Lipinski definition) is 6. The Morgan fingerprint density at radius 1 is 1.07 bits per heavy atom. The minimum absolute atomic E-state index is 0. The van der Waals surface area contributed by atoms with Crippen molar-refractivity contribution in [1.82, 2.24) is 15.0 Å². The van der Waals surface area contributed by atoms with Crippen molar-refractivity contribution in [3.63, 3.8) is 0 Å². The highest BCUT2D eigenvalue weighted by Crippen LogP contribution is 2.45. The number of rotatable bonds is 4. The summed E-state index contributed by atoms with van der Waals surface area (Å²) in [6, 6.07) is 4.11. The van der Waals surface area contributed by atoms with Gasteiger partial charge in [-0.2, -0.15) is 0 Å². The Hall–Kier alpha value is -2.47. The number of morpholine rings is 1. The number of nitrogens with zero attached hydrogens (tertiary/aromatic N) is 4. The van der Waals surface area contributed by atoms with Crippen LogP contribution >= 0.6 is 0 Å². The number of ether oxygens (including phenoxy) is 1. The lowest BCUT2D eigenvalue weighted by Crippen LogP contribution is -2.36. The number of nitrogens with one attached hydrogen (secondary N) is 1. The molecular weight excluding hydrogens is 362 g/mol. The second-order valence-electron chi connectivity index (χ2n) is 8.43. The second-order valence-corrected chi connectivity index (χ2v) is 8.43. The summed E-state index contributed by atoms with van der Waals surface area (Å²) in [6.07, 6.45) is 12.8. The summed E-state index contributed by atoms with van der Waals surface area (Å²) in [5.74, 6) is 2.83. The van der Waals surface area contributed by atoms with Crippen LogP contribution in [0.3, 0.4) is 0 Å². The molecular formula is C23H31N5O. The molecule has 2 fully saturated rings. The highest BCUT2D eigenvalue weighted by Gasteiger charge is 2.32. The van der Waals surface area contributed by atoms with Gasteiger partial charge in [0.15, 0.2) is 0 Å². The molecule has 1 saturated heterocycles. The quantitative estimate of drug-likeness (QED) is 0.807. The second kappa shape index (κ2) is 8.11. The molecule has 1 atom stereocenters. The average Bonchev–Trinajstić information content (AvgIpc) is 3.10. The summed E-state index contributed by atoms with van der Waals surface area (Å²) in [7, 11) is 0. The fraction of sp³-hybridized carbons (Fsp3) is 0.522. The van der Waals surface area contributed by atoms with Crippen molar-refractivity contribution in [2.24, 2.45) is 5.92 Å². The summed E-state index contributed by atoms with van der Waals surface area (Å²) >= 11 is 0. The van der Waals surface area contributed by atoms with Gasteiger partial charge in [0.05, 0.1) is 30.8 Å². The first-order chi connectivity index (χ1) is 14.3. The van der Waals surface area contributed by atoms with Gasteiger partial charge in [0.2, 0.25) is 5.95 Å². The third-order valence-corrected chi connectivity index (χ3v) is 6.48. The molecule has 1 unspecified atom stereocenters. The smallest absolute Gasteiger partial charge is 0.227 e. The van der Waals surface area contributed by atoms with E-state index in [1.54, 1.807) is 0 Å². The molecule has 1 aliphatic heterocycles. The zero-order chi connectivity index (χ0) is 19.6. The number of allylic oxidation sites excluding steroid dienone is 1. The van der Waals surface area contributed by atoms with Crippen LogP contribution in [0.4, 0.5) is 17.5 Å². The molecule has 2 aromatic rings. The fourth-order valence-electron chi connectivity index (χ4n) is 5.01. The number of aromatic nitrogens is 3. The van der Waals surface area contributed by atoms with Gasteiger partial charge in [0.25, 0.3) is 0 Å². The van der Waals surface area contributed by atoms with E-state index >= 15 is 0 Å². The largest absolute Gasteiger partial charge is 0.378 e. The predicted octanol–water partition coefficient (Wildman–Crippen LogP) is 4.78. The van der Waals surface area contributed by atoms with Crippen LogP contribution in [0.5, 0.6) is 0 Å². The van der Waals surface area contributed by atoms with Gasteiger partial charge >= 0.3 is 0 Å². The van der Waals surface area contributed by atoms with Crippen LogP contribution in [-0.4, -0.2) is 41.3 Å². The molecule has 0 spiro atoms. The summed E-state index contributed by atoms with van der Waals surface area (Å²) in [6.45, 7) is 5.56. The van der Waals surface area contributed by atoms with Gasteiger partial charge in [-0.3, -0.25) is 0 Å². The molecule has 0 amide bonds. The van der Waals surface area contributed by atoms with E-state index in [1.165, 1.54) is 48.9 Å². The van der Waals surface area contributed by atoms with Gasteiger partial charge in [-0.25, -0.2) is 15.0 Å².